The third-order valence-corrected chi connectivity index (χ3v) is 4.41. The van der Waals surface area contributed by atoms with E-state index in [-0.39, 0.29) is 23.5 Å². The van der Waals surface area contributed by atoms with Gasteiger partial charge in [0, 0.05) is 19.2 Å². The fourth-order valence-electron chi connectivity index (χ4n) is 3.03. The molecule has 0 fully saturated rings. The molecule has 1 unspecified atom stereocenters. The smallest absolute Gasteiger partial charge is 0.252 e. The molecule has 1 atom stereocenters. The summed E-state index contributed by atoms with van der Waals surface area (Å²) < 4.78 is 0. The molecule has 0 bridgehead atoms. The van der Waals surface area contributed by atoms with Crippen LogP contribution in [0.3, 0.4) is 0 Å². The summed E-state index contributed by atoms with van der Waals surface area (Å²) in [6.07, 6.45) is 0.556. The lowest BCUT2D eigenvalue weighted by Crippen LogP contribution is -2.47. The number of phenols is 1. The standard InChI is InChI=1S/C22H28N2O3/c1-15(2)12-20(23-21(26)19-11-6-5-8-16(19)3)22(27)24(4)14-17-9-7-10-18(25)13-17/h5-11,13,15,20,25H,12,14H2,1-4H3,(H,23,26). The summed E-state index contributed by atoms with van der Waals surface area (Å²) in [5, 5.41) is 12.5. The van der Waals surface area contributed by atoms with Crippen molar-refractivity contribution >= 4 is 11.8 Å². The Morgan fingerprint density at radius 2 is 1.81 bits per heavy atom. The van der Waals surface area contributed by atoms with Crippen molar-refractivity contribution in [2.45, 2.75) is 39.8 Å². The second-order valence-corrected chi connectivity index (χ2v) is 7.33. The van der Waals surface area contributed by atoms with Gasteiger partial charge in [-0.15, -0.1) is 0 Å². The maximum Gasteiger partial charge on any atom is 0.252 e. The van der Waals surface area contributed by atoms with Gasteiger partial charge >= 0.3 is 0 Å². The summed E-state index contributed by atoms with van der Waals surface area (Å²) >= 11 is 0. The average molecular weight is 368 g/mol. The van der Waals surface area contributed by atoms with Crippen LogP contribution < -0.4 is 5.32 Å². The van der Waals surface area contributed by atoms with Crippen molar-refractivity contribution in [3.63, 3.8) is 0 Å². The quantitative estimate of drug-likeness (QED) is 0.786. The molecule has 2 aromatic rings. The van der Waals surface area contributed by atoms with E-state index in [9.17, 15) is 14.7 Å². The van der Waals surface area contributed by atoms with E-state index >= 15 is 0 Å². The molecule has 2 amide bonds. The van der Waals surface area contributed by atoms with Gasteiger partial charge in [0.25, 0.3) is 5.91 Å². The molecule has 0 aliphatic carbocycles. The highest BCUT2D eigenvalue weighted by molar-refractivity contribution is 5.98. The molecule has 0 aliphatic rings. The van der Waals surface area contributed by atoms with Crippen LogP contribution in [0, 0.1) is 12.8 Å². The highest BCUT2D eigenvalue weighted by Crippen LogP contribution is 2.15. The van der Waals surface area contributed by atoms with Crippen LogP contribution in [0.25, 0.3) is 0 Å². The fraction of sp³-hybridized carbons (Fsp3) is 0.364. The van der Waals surface area contributed by atoms with Crippen LogP contribution in [0.4, 0.5) is 0 Å². The van der Waals surface area contributed by atoms with Crippen LogP contribution >= 0.6 is 0 Å². The van der Waals surface area contributed by atoms with E-state index in [4.69, 9.17) is 0 Å². The SMILES string of the molecule is Cc1ccccc1C(=O)NC(CC(C)C)C(=O)N(C)Cc1cccc(O)c1. The van der Waals surface area contributed by atoms with Crippen molar-refractivity contribution < 1.29 is 14.7 Å². The van der Waals surface area contributed by atoms with Crippen LogP contribution in [0.2, 0.25) is 0 Å². The molecule has 2 N–H and O–H groups in total. The molecule has 5 heteroatoms. The molecular weight excluding hydrogens is 340 g/mol. The zero-order valence-electron chi connectivity index (χ0n) is 16.4. The van der Waals surface area contributed by atoms with Crippen molar-refractivity contribution in [3.05, 3.63) is 65.2 Å². The van der Waals surface area contributed by atoms with Crippen molar-refractivity contribution in [2.24, 2.45) is 5.92 Å². The minimum atomic E-state index is -0.598. The predicted octanol–water partition coefficient (Wildman–Crippen LogP) is 3.50. The normalized spacial score (nSPS) is 11.9. The number of benzene rings is 2. The van der Waals surface area contributed by atoms with E-state index < -0.39 is 6.04 Å². The topological polar surface area (TPSA) is 69.6 Å². The van der Waals surface area contributed by atoms with Crippen molar-refractivity contribution in [1.82, 2.24) is 10.2 Å². The zero-order chi connectivity index (χ0) is 20.0. The average Bonchev–Trinajstić information content (AvgIpc) is 2.60. The molecule has 27 heavy (non-hydrogen) atoms. The highest BCUT2D eigenvalue weighted by atomic mass is 16.3. The molecule has 0 spiro atoms. The van der Waals surface area contributed by atoms with Crippen molar-refractivity contribution in [3.8, 4) is 5.75 Å². The molecule has 0 radical (unpaired) electrons. The van der Waals surface area contributed by atoms with E-state index in [0.29, 0.717) is 18.5 Å². The Morgan fingerprint density at radius 1 is 1.11 bits per heavy atom. The highest BCUT2D eigenvalue weighted by Gasteiger charge is 2.26. The first kappa shape index (κ1) is 20.5. The lowest BCUT2D eigenvalue weighted by Gasteiger charge is -2.26. The van der Waals surface area contributed by atoms with Crippen molar-refractivity contribution in [1.29, 1.82) is 0 Å². The third kappa shape index (κ3) is 5.84. The van der Waals surface area contributed by atoms with Gasteiger partial charge in [-0.1, -0.05) is 44.2 Å². The Kier molecular flexibility index (Phi) is 6.99. The summed E-state index contributed by atoms with van der Waals surface area (Å²) in [7, 11) is 1.71. The van der Waals surface area contributed by atoms with Gasteiger partial charge in [0.2, 0.25) is 5.91 Å². The number of nitrogens with zero attached hydrogens (tertiary/aromatic N) is 1. The van der Waals surface area contributed by atoms with E-state index in [0.717, 1.165) is 11.1 Å². The second-order valence-electron chi connectivity index (χ2n) is 7.33. The predicted molar refractivity (Wildman–Crippen MR) is 106 cm³/mol. The lowest BCUT2D eigenvalue weighted by molar-refractivity contribution is -0.132. The van der Waals surface area contributed by atoms with Crippen LogP contribution in [0.15, 0.2) is 48.5 Å². The van der Waals surface area contributed by atoms with Crippen LogP contribution in [-0.4, -0.2) is 34.9 Å². The minimum absolute atomic E-state index is 0.144. The molecule has 0 saturated carbocycles. The minimum Gasteiger partial charge on any atom is -0.508 e. The van der Waals surface area contributed by atoms with Crippen molar-refractivity contribution in [2.75, 3.05) is 7.05 Å². The number of aromatic hydroxyl groups is 1. The van der Waals surface area contributed by atoms with E-state index in [2.05, 4.69) is 5.32 Å². The maximum absolute atomic E-state index is 13.0. The molecule has 0 saturated heterocycles. The van der Waals surface area contributed by atoms with Crippen LogP contribution in [-0.2, 0) is 11.3 Å². The number of hydrogen-bond acceptors (Lipinski definition) is 3. The number of rotatable bonds is 7. The van der Waals surface area contributed by atoms with Gasteiger partial charge in [-0.3, -0.25) is 9.59 Å². The van der Waals surface area contributed by atoms with Gasteiger partial charge in [0.05, 0.1) is 0 Å². The van der Waals surface area contributed by atoms with Gasteiger partial charge in [0.1, 0.15) is 11.8 Å². The first-order valence-corrected chi connectivity index (χ1v) is 9.17. The summed E-state index contributed by atoms with van der Waals surface area (Å²) in [6, 6.07) is 13.6. The van der Waals surface area contributed by atoms with Gasteiger partial charge in [-0.2, -0.15) is 0 Å². The summed E-state index contributed by atoms with van der Waals surface area (Å²) in [4.78, 5) is 27.2. The largest absolute Gasteiger partial charge is 0.508 e. The summed E-state index contributed by atoms with van der Waals surface area (Å²) in [6.45, 7) is 6.29. The Hall–Kier alpha value is -2.82. The fourth-order valence-corrected chi connectivity index (χ4v) is 3.03. The first-order chi connectivity index (χ1) is 12.8. The summed E-state index contributed by atoms with van der Waals surface area (Å²) in [5.74, 6) is 0.0389. The van der Waals surface area contributed by atoms with Gasteiger partial charge < -0.3 is 15.3 Å². The summed E-state index contributed by atoms with van der Waals surface area (Å²) in [5.41, 5.74) is 2.29. The molecule has 144 valence electrons. The molecule has 0 heterocycles. The second kappa shape index (κ2) is 9.21. The van der Waals surface area contributed by atoms with E-state index in [1.807, 2.05) is 45.0 Å². The Labute approximate surface area is 161 Å². The molecule has 2 rings (SSSR count). The number of hydrogen-bond donors (Lipinski definition) is 2. The van der Waals surface area contributed by atoms with Gasteiger partial charge in [0.15, 0.2) is 0 Å². The lowest BCUT2D eigenvalue weighted by atomic mass is 10.0. The molecular formula is C22H28N2O3. The van der Waals surface area contributed by atoms with Gasteiger partial charge in [-0.05, 0) is 48.6 Å². The zero-order valence-corrected chi connectivity index (χ0v) is 16.4. The Morgan fingerprint density at radius 3 is 2.44 bits per heavy atom. The Balaban J connectivity index is 2.13. The van der Waals surface area contributed by atoms with Crippen LogP contribution in [0.5, 0.6) is 5.75 Å². The third-order valence-electron chi connectivity index (χ3n) is 4.41. The number of nitrogens with one attached hydrogen (secondary N) is 1. The van der Waals surface area contributed by atoms with E-state index in [1.165, 1.54) is 0 Å². The first-order valence-electron chi connectivity index (χ1n) is 9.17. The monoisotopic (exact) mass is 368 g/mol. The number of amides is 2. The number of likely N-dealkylation sites (N-methyl/N-ethyl adjacent to an activating group) is 1. The molecule has 2 aromatic carbocycles. The number of aryl methyl sites for hydroxylation is 1. The number of carbonyl (C=O) groups excluding carboxylic acids is 2. The van der Waals surface area contributed by atoms with E-state index in [1.54, 1.807) is 36.2 Å². The number of carbonyl (C=O) groups is 2. The molecule has 5 nitrogen and oxygen atoms in total. The van der Waals surface area contributed by atoms with Gasteiger partial charge in [-0.25, -0.2) is 0 Å². The Bertz CT molecular complexity index is 802. The molecule has 0 aromatic heterocycles. The van der Waals surface area contributed by atoms with Crippen LogP contribution in [0.1, 0.15) is 41.8 Å². The molecule has 0 aliphatic heterocycles. The number of phenolic OH excluding ortho intramolecular Hbond substituents is 1. The maximum atomic E-state index is 13.0.